The average Bonchev–Trinajstić information content (AvgIpc) is 2.18. The van der Waals surface area contributed by atoms with Crippen LogP contribution in [0.25, 0.3) is 0 Å². The van der Waals surface area contributed by atoms with Crippen LogP contribution in [0.4, 0.5) is 0 Å². The van der Waals surface area contributed by atoms with E-state index in [1.54, 1.807) is 30.3 Å². The van der Waals surface area contributed by atoms with Gasteiger partial charge in [-0.2, -0.15) is 0 Å². The lowest BCUT2D eigenvalue weighted by Gasteiger charge is -2.11. The molecule has 0 saturated carbocycles. The van der Waals surface area contributed by atoms with E-state index in [-0.39, 0.29) is 6.61 Å². The molecule has 0 bridgehead atoms. The Bertz CT molecular complexity index is 345. The topological polar surface area (TPSA) is 63.6 Å². The third-order valence-corrected chi connectivity index (χ3v) is 1.95. The number of carboxylic acids is 1. The molecule has 80 valence electrons. The number of hydrogen-bond donors (Lipinski definition) is 1. The van der Waals surface area contributed by atoms with Crippen LogP contribution in [0.1, 0.15) is 18.4 Å². The summed E-state index contributed by atoms with van der Waals surface area (Å²) in [6.07, 6.45) is 0. The molecule has 1 aromatic carbocycles. The van der Waals surface area contributed by atoms with Gasteiger partial charge in [0.2, 0.25) is 0 Å². The highest BCUT2D eigenvalue weighted by atomic mass is 16.5. The van der Waals surface area contributed by atoms with Crippen LogP contribution in [0.15, 0.2) is 30.3 Å². The molecule has 4 heteroatoms. The van der Waals surface area contributed by atoms with Crippen LogP contribution in [0.3, 0.4) is 0 Å². The van der Waals surface area contributed by atoms with E-state index in [0.717, 1.165) is 0 Å². The Balaban J connectivity index is 2.75. The summed E-state index contributed by atoms with van der Waals surface area (Å²) in [5.74, 6) is -2.27. The van der Waals surface area contributed by atoms with Crippen molar-refractivity contribution < 1.29 is 19.4 Å². The maximum absolute atomic E-state index is 10.9. The lowest BCUT2D eigenvalue weighted by Crippen LogP contribution is -2.19. The number of carbonyl (C=O) groups excluding carboxylic acids is 1. The fraction of sp³-hybridized carbons (Fsp3) is 0.273. The molecule has 0 heterocycles. The van der Waals surface area contributed by atoms with Crippen molar-refractivity contribution in [3.8, 4) is 0 Å². The molecule has 1 unspecified atom stereocenters. The fourth-order valence-electron chi connectivity index (χ4n) is 1.20. The zero-order valence-corrected chi connectivity index (χ0v) is 8.34. The van der Waals surface area contributed by atoms with Crippen molar-refractivity contribution in [1.82, 2.24) is 0 Å². The highest BCUT2D eigenvalue weighted by Crippen LogP contribution is 2.16. The lowest BCUT2D eigenvalue weighted by molar-refractivity contribution is -0.146. The maximum Gasteiger partial charge on any atom is 0.314 e. The van der Waals surface area contributed by atoms with E-state index in [0.29, 0.717) is 5.56 Å². The molecular weight excluding hydrogens is 196 g/mol. The number of rotatable bonds is 4. The molecule has 0 fully saturated rings. The number of hydrogen-bond acceptors (Lipinski definition) is 3. The van der Waals surface area contributed by atoms with Crippen LogP contribution in [0.2, 0.25) is 0 Å². The molecule has 1 aromatic rings. The van der Waals surface area contributed by atoms with Gasteiger partial charge in [0.15, 0.2) is 0 Å². The molecule has 0 radical (unpaired) electrons. The molecule has 0 aliphatic carbocycles. The first kappa shape index (κ1) is 11.2. The second kappa shape index (κ2) is 5.14. The van der Waals surface area contributed by atoms with Gasteiger partial charge in [-0.25, -0.2) is 0 Å². The maximum atomic E-state index is 10.9. The van der Waals surface area contributed by atoms with Gasteiger partial charge >= 0.3 is 11.9 Å². The van der Waals surface area contributed by atoms with E-state index in [1.165, 1.54) is 6.92 Å². The summed E-state index contributed by atoms with van der Waals surface area (Å²) in [4.78, 5) is 21.5. The molecule has 1 atom stereocenters. The Labute approximate surface area is 87.5 Å². The van der Waals surface area contributed by atoms with E-state index in [1.807, 2.05) is 0 Å². The summed E-state index contributed by atoms with van der Waals surface area (Å²) in [6, 6.07) is 8.69. The minimum Gasteiger partial charge on any atom is -0.481 e. The van der Waals surface area contributed by atoms with E-state index >= 15 is 0 Å². The Kier molecular flexibility index (Phi) is 3.85. The smallest absolute Gasteiger partial charge is 0.314 e. The number of esters is 1. The van der Waals surface area contributed by atoms with Crippen molar-refractivity contribution in [2.75, 3.05) is 6.61 Å². The zero-order valence-electron chi connectivity index (χ0n) is 8.34. The van der Waals surface area contributed by atoms with E-state index in [9.17, 15) is 9.59 Å². The van der Waals surface area contributed by atoms with Crippen molar-refractivity contribution in [2.24, 2.45) is 0 Å². The molecule has 0 amide bonds. The fourth-order valence-corrected chi connectivity index (χ4v) is 1.20. The minimum atomic E-state index is -0.998. The molecule has 0 saturated heterocycles. The highest BCUT2D eigenvalue weighted by molar-refractivity contribution is 5.76. The molecule has 0 aliphatic heterocycles. The second-order valence-corrected chi connectivity index (χ2v) is 3.10. The highest BCUT2D eigenvalue weighted by Gasteiger charge is 2.20. The SMILES string of the molecule is CC(=O)OCC(C(=O)O)c1ccccc1. The summed E-state index contributed by atoms with van der Waals surface area (Å²) in [6.45, 7) is 1.12. The number of carbonyl (C=O) groups is 2. The van der Waals surface area contributed by atoms with E-state index < -0.39 is 17.9 Å². The van der Waals surface area contributed by atoms with Crippen molar-refractivity contribution in [3.63, 3.8) is 0 Å². The molecule has 0 aromatic heterocycles. The first-order valence-corrected chi connectivity index (χ1v) is 4.52. The summed E-state index contributed by atoms with van der Waals surface area (Å²) in [7, 11) is 0. The average molecular weight is 208 g/mol. The van der Waals surface area contributed by atoms with Crippen molar-refractivity contribution in [3.05, 3.63) is 35.9 Å². The summed E-state index contributed by atoms with van der Waals surface area (Å²) in [5.41, 5.74) is 0.631. The summed E-state index contributed by atoms with van der Waals surface area (Å²) >= 11 is 0. The molecule has 0 spiro atoms. The van der Waals surface area contributed by atoms with Gasteiger partial charge in [0.1, 0.15) is 12.5 Å². The lowest BCUT2D eigenvalue weighted by atomic mass is 10.0. The normalized spacial score (nSPS) is 11.8. The predicted octanol–water partition coefficient (Wildman–Crippen LogP) is 1.42. The van der Waals surface area contributed by atoms with E-state index in [2.05, 4.69) is 0 Å². The molecule has 15 heavy (non-hydrogen) atoms. The second-order valence-electron chi connectivity index (χ2n) is 3.10. The van der Waals surface area contributed by atoms with Crippen molar-refractivity contribution in [1.29, 1.82) is 0 Å². The quantitative estimate of drug-likeness (QED) is 0.760. The van der Waals surface area contributed by atoms with Crippen molar-refractivity contribution in [2.45, 2.75) is 12.8 Å². The van der Waals surface area contributed by atoms with Gasteiger partial charge in [-0.05, 0) is 5.56 Å². The predicted molar refractivity (Wildman–Crippen MR) is 53.5 cm³/mol. The molecule has 1 N–H and O–H groups in total. The number of benzene rings is 1. The molecule has 1 rings (SSSR count). The van der Waals surface area contributed by atoms with Crippen LogP contribution in [0, 0.1) is 0 Å². The Morgan fingerprint density at radius 3 is 2.40 bits per heavy atom. The van der Waals surface area contributed by atoms with Crippen molar-refractivity contribution >= 4 is 11.9 Å². The first-order valence-electron chi connectivity index (χ1n) is 4.52. The Morgan fingerprint density at radius 1 is 1.33 bits per heavy atom. The van der Waals surface area contributed by atoms with Gasteiger partial charge in [0.25, 0.3) is 0 Å². The largest absolute Gasteiger partial charge is 0.481 e. The number of aliphatic carboxylic acids is 1. The minimum absolute atomic E-state index is 0.130. The van der Waals surface area contributed by atoms with Gasteiger partial charge in [-0.15, -0.1) is 0 Å². The molecular formula is C11H12O4. The molecule has 4 nitrogen and oxygen atoms in total. The van der Waals surface area contributed by atoms with Crippen LogP contribution in [-0.2, 0) is 14.3 Å². The van der Waals surface area contributed by atoms with Gasteiger partial charge in [-0.3, -0.25) is 9.59 Å². The van der Waals surface area contributed by atoms with Gasteiger partial charge < -0.3 is 9.84 Å². The van der Waals surface area contributed by atoms with Gasteiger partial charge in [-0.1, -0.05) is 30.3 Å². The van der Waals surface area contributed by atoms with Crippen LogP contribution >= 0.6 is 0 Å². The standard InChI is InChI=1S/C11H12O4/c1-8(12)15-7-10(11(13)14)9-5-3-2-4-6-9/h2-6,10H,7H2,1H3,(H,13,14). The number of carboxylic acid groups (broad SMARTS) is 1. The summed E-state index contributed by atoms with van der Waals surface area (Å²) in [5, 5.41) is 8.95. The third-order valence-electron chi connectivity index (χ3n) is 1.95. The van der Waals surface area contributed by atoms with Gasteiger partial charge in [0, 0.05) is 6.92 Å². The van der Waals surface area contributed by atoms with Crippen LogP contribution in [0.5, 0.6) is 0 Å². The summed E-state index contributed by atoms with van der Waals surface area (Å²) < 4.78 is 4.70. The van der Waals surface area contributed by atoms with Gasteiger partial charge in [0.05, 0.1) is 0 Å². The van der Waals surface area contributed by atoms with Crippen LogP contribution in [-0.4, -0.2) is 23.7 Å². The monoisotopic (exact) mass is 208 g/mol. The zero-order chi connectivity index (χ0) is 11.3. The Morgan fingerprint density at radius 2 is 1.93 bits per heavy atom. The van der Waals surface area contributed by atoms with E-state index in [4.69, 9.17) is 9.84 Å². The molecule has 0 aliphatic rings. The number of ether oxygens (including phenoxy) is 1. The first-order chi connectivity index (χ1) is 7.11. The Hall–Kier alpha value is -1.84. The van der Waals surface area contributed by atoms with Crippen LogP contribution < -0.4 is 0 Å². The third kappa shape index (κ3) is 3.42.